The number of hydrogen-bond donors (Lipinski definition) is 1. The number of benzene rings is 1. The summed E-state index contributed by atoms with van der Waals surface area (Å²) >= 11 is 0. The largest absolute Gasteiger partial charge is 0.421 e. The molecule has 4 nitrogen and oxygen atoms in total. The molecule has 1 aromatic carbocycles. The van der Waals surface area contributed by atoms with Crippen molar-refractivity contribution in [3.63, 3.8) is 0 Å². The molecule has 0 unspecified atom stereocenters. The van der Waals surface area contributed by atoms with Gasteiger partial charge >= 0.3 is 0 Å². The van der Waals surface area contributed by atoms with E-state index in [2.05, 4.69) is 10.2 Å². The molecule has 19 heavy (non-hydrogen) atoms. The Morgan fingerprint density at radius 1 is 1.16 bits per heavy atom. The van der Waals surface area contributed by atoms with Gasteiger partial charge < -0.3 is 9.52 Å². The predicted molar refractivity (Wildman–Crippen MR) is 73.6 cm³/mol. The number of aromatic nitrogens is 2. The van der Waals surface area contributed by atoms with Crippen LogP contribution in [0, 0.1) is 12.3 Å². The highest BCUT2D eigenvalue weighted by molar-refractivity contribution is 5.52. The molecule has 0 fully saturated rings. The maximum absolute atomic E-state index is 10.0. The fourth-order valence-electron chi connectivity index (χ4n) is 1.62. The Balaban J connectivity index is 2.13. The van der Waals surface area contributed by atoms with E-state index in [4.69, 9.17) is 4.42 Å². The third-order valence-corrected chi connectivity index (χ3v) is 3.13. The lowest BCUT2D eigenvalue weighted by molar-refractivity contribution is 0.0580. The van der Waals surface area contributed by atoms with Gasteiger partial charge in [-0.1, -0.05) is 38.5 Å². The normalized spacial score (nSPS) is 13.5. The summed E-state index contributed by atoms with van der Waals surface area (Å²) < 4.78 is 5.59. The maximum Gasteiger partial charge on any atom is 0.247 e. The van der Waals surface area contributed by atoms with Crippen LogP contribution < -0.4 is 0 Å². The lowest BCUT2D eigenvalue weighted by Gasteiger charge is -2.24. The topological polar surface area (TPSA) is 59.2 Å². The van der Waals surface area contributed by atoms with E-state index in [-0.39, 0.29) is 5.41 Å². The van der Waals surface area contributed by atoms with Crippen molar-refractivity contribution in [3.05, 3.63) is 35.7 Å². The van der Waals surface area contributed by atoms with Crippen LogP contribution in [0.1, 0.15) is 32.2 Å². The summed E-state index contributed by atoms with van der Waals surface area (Å²) in [5.74, 6) is 0.967. The molecule has 0 saturated carbocycles. The van der Waals surface area contributed by atoms with Crippen molar-refractivity contribution >= 4 is 0 Å². The number of aliphatic hydroxyl groups is 1. The zero-order valence-corrected chi connectivity index (χ0v) is 11.8. The molecule has 1 heterocycles. The lowest BCUT2D eigenvalue weighted by Crippen LogP contribution is -2.28. The highest BCUT2D eigenvalue weighted by Crippen LogP contribution is 2.24. The van der Waals surface area contributed by atoms with Gasteiger partial charge in [0.05, 0.1) is 12.5 Å². The third kappa shape index (κ3) is 3.41. The molecule has 0 aliphatic heterocycles. The molecule has 4 heteroatoms. The number of aliphatic hydroxyl groups excluding tert-OH is 1. The number of aryl methyl sites for hydroxylation is 1. The van der Waals surface area contributed by atoms with Crippen molar-refractivity contribution in [2.24, 2.45) is 5.41 Å². The standard InChI is InChI=1S/C15H20N2O2/c1-10-5-7-11(8-6-10)14-17-16-13(19-14)9-12(18)15(2,3)4/h5-8,12,18H,9H2,1-4H3/t12-/m0/s1. The Labute approximate surface area is 113 Å². The van der Waals surface area contributed by atoms with Crippen LogP contribution in [0.25, 0.3) is 11.5 Å². The summed E-state index contributed by atoms with van der Waals surface area (Å²) in [7, 11) is 0. The first-order valence-corrected chi connectivity index (χ1v) is 6.44. The van der Waals surface area contributed by atoms with Crippen LogP contribution >= 0.6 is 0 Å². The van der Waals surface area contributed by atoms with Crippen LogP contribution in [0.3, 0.4) is 0 Å². The molecular formula is C15H20N2O2. The molecule has 0 spiro atoms. The van der Waals surface area contributed by atoms with Gasteiger partial charge in [-0.2, -0.15) is 0 Å². The Bertz CT molecular complexity index is 538. The molecule has 102 valence electrons. The first kappa shape index (κ1) is 13.7. The minimum Gasteiger partial charge on any atom is -0.421 e. The fourth-order valence-corrected chi connectivity index (χ4v) is 1.62. The van der Waals surface area contributed by atoms with Gasteiger partial charge in [-0.05, 0) is 24.5 Å². The molecule has 0 aliphatic rings. The smallest absolute Gasteiger partial charge is 0.247 e. The van der Waals surface area contributed by atoms with Crippen molar-refractivity contribution in [2.45, 2.75) is 40.2 Å². The fraction of sp³-hybridized carbons (Fsp3) is 0.467. The van der Waals surface area contributed by atoms with E-state index in [1.54, 1.807) is 0 Å². The molecular weight excluding hydrogens is 240 g/mol. The second-order valence-electron chi connectivity index (χ2n) is 5.95. The van der Waals surface area contributed by atoms with Crippen molar-refractivity contribution in [1.29, 1.82) is 0 Å². The van der Waals surface area contributed by atoms with Gasteiger partial charge in [0, 0.05) is 5.56 Å². The summed E-state index contributed by atoms with van der Waals surface area (Å²) in [5, 5.41) is 18.0. The average molecular weight is 260 g/mol. The van der Waals surface area contributed by atoms with Crippen molar-refractivity contribution < 1.29 is 9.52 Å². The molecule has 2 aromatic rings. The summed E-state index contributed by atoms with van der Waals surface area (Å²) in [6.07, 6.45) is -0.124. The predicted octanol–water partition coefficient (Wildman–Crippen LogP) is 2.99. The molecule has 0 radical (unpaired) electrons. The van der Waals surface area contributed by atoms with Crippen LogP contribution in [0.2, 0.25) is 0 Å². The lowest BCUT2D eigenvalue weighted by atomic mass is 9.87. The highest BCUT2D eigenvalue weighted by atomic mass is 16.4. The van der Waals surface area contributed by atoms with Crippen LogP contribution in [0.4, 0.5) is 0 Å². The third-order valence-electron chi connectivity index (χ3n) is 3.13. The van der Waals surface area contributed by atoms with Gasteiger partial charge in [0.15, 0.2) is 0 Å². The molecule has 0 bridgehead atoms. The Morgan fingerprint density at radius 3 is 2.37 bits per heavy atom. The molecule has 0 amide bonds. The van der Waals surface area contributed by atoms with Crippen LogP contribution in [-0.4, -0.2) is 21.4 Å². The summed E-state index contributed by atoms with van der Waals surface area (Å²) in [6.45, 7) is 7.97. The summed E-state index contributed by atoms with van der Waals surface area (Å²) in [6, 6.07) is 7.91. The van der Waals surface area contributed by atoms with Gasteiger partial charge in [-0.3, -0.25) is 0 Å². The van der Waals surface area contributed by atoms with Gasteiger partial charge in [-0.15, -0.1) is 10.2 Å². The second kappa shape index (κ2) is 5.13. The SMILES string of the molecule is Cc1ccc(-c2nnc(C[C@H](O)C(C)(C)C)o2)cc1. The summed E-state index contributed by atoms with van der Waals surface area (Å²) in [4.78, 5) is 0. The molecule has 0 saturated heterocycles. The average Bonchev–Trinajstić information content (AvgIpc) is 2.77. The molecule has 1 N–H and O–H groups in total. The van der Waals surface area contributed by atoms with Crippen molar-refractivity contribution in [3.8, 4) is 11.5 Å². The van der Waals surface area contributed by atoms with Gasteiger partial charge in [-0.25, -0.2) is 0 Å². The van der Waals surface area contributed by atoms with Crippen molar-refractivity contribution in [1.82, 2.24) is 10.2 Å². The van der Waals surface area contributed by atoms with Gasteiger partial charge in [0.1, 0.15) is 0 Å². The first-order chi connectivity index (χ1) is 8.86. The Morgan fingerprint density at radius 2 is 1.79 bits per heavy atom. The van der Waals surface area contributed by atoms with E-state index >= 15 is 0 Å². The second-order valence-corrected chi connectivity index (χ2v) is 5.95. The van der Waals surface area contributed by atoms with Crippen LogP contribution in [0.5, 0.6) is 0 Å². The molecule has 0 aliphatic carbocycles. The number of hydrogen-bond acceptors (Lipinski definition) is 4. The minimum atomic E-state index is -0.501. The zero-order valence-electron chi connectivity index (χ0n) is 11.8. The zero-order chi connectivity index (χ0) is 14.0. The van der Waals surface area contributed by atoms with E-state index in [0.717, 1.165) is 5.56 Å². The van der Waals surface area contributed by atoms with Gasteiger partial charge in [0.2, 0.25) is 11.8 Å². The Hall–Kier alpha value is -1.68. The van der Waals surface area contributed by atoms with E-state index in [1.165, 1.54) is 5.56 Å². The van der Waals surface area contributed by atoms with E-state index in [1.807, 2.05) is 52.0 Å². The Kier molecular flexibility index (Phi) is 3.71. The highest BCUT2D eigenvalue weighted by Gasteiger charge is 2.24. The first-order valence-electron chi connectivity index (χ1n) is 6.44. The number of nitrogens with zero attached hydrogens (tertiary/aromatic N) is 2. The molecule has 2 rings (SSSR count). The van der Waals surface area contributed by atoms with Crippen LogP contribution in [0.15, 0.2) is 28.7 Å². The van der Waals surface area contributed by atoms with Crippen LogP contribution in [-0.2, 0) is 6.42 Å². The molecule has 1 aromatic heterocycles. The quantitative estimate of drug-likeness (QED) is 0.921. The minimum absolute atomic E-state index is 0.196. The van der Waals surface area contributed by atoms with Gasteiger partial charge in [0.25, 0.3) is 0 Å². The summed E-state index contributed by atoms with van der Waals surface area (Å²) in [5.41, 5.74) is 1.89. The number of rotatable bonds is 3. The van der Waals surface area contributed by atoms with E-state index in [9.17, 15) is 5.11 Å². The van der Waals surface area contributed by atoms with E-state index in [0.29, 0.717) is 18.2 Å². The van der Waals surface area contributed by atoms with E-state index < -0.39 is 6.10 Å². The maximum atomic E-state index is 10.0. The monoisotopic (exact) mass is 260 g/mol. The molecule has 1 atom stereocenters. The van der Waals surface area contributed by atoms with Crippen molar-refractivity contribution in [2.75, 3.05) is 0 Å².